The van der Waals surface area contributed by atoms with Gasteiger partial charge in [-0.3, -0.25) is 9.69 Å². The fourth-order valence-corrected chi connectivity index (χ4v) is 7.57. The number of carbonyl (C=O) groups excluding carboxylic acids is 1. The second kappa shape index (κ2) is 4.05. The van der Waals surface area contributed by atoms with E-state index in [-0.39, 0.29) is 35.6 Å². The number of fused-ring (bicyclic) bond motifs is 2. The smallest absolute Gasteiger partial charge is 0.150 e. The lowest BCUT2D eigenvalue weighted by atomic mass is 9.62. The van der Waals surface area contributed by atoms with Gasteiger partial charge in [-0.25, -0.2) is 0 Å². The lowest BCUT2D eigenvalue weighted by Gasteiger charge is -2.62. The molecule has 4 heteroatoms. The molecule has 0 amide bonds. The number of likely N-dealkylation sites (N-methyl/N-ethyl adjacent to an activating group) is 1. The minimum Gasteiger partial charge on any atom is -0.378 e. The molecule has 5 heterocycles. The number of rotatable bonds is 1. The molecule has 7 rings (SSSR count). The fourth-order valence-electron chi connectivity index (χ4n) is 7.57. The summed E-state index contributed by atoms with van der Waals surface area (Å²) in [5.74, 6) is 1.26. The van der Waals surface area contributed by atoms with E-state index >= 15 is 0 Å². The Bertz CT molecular complexity index is 764. The van der Waals surface area contributed by atoms with Gasteiger partial charge in [0.05, 0.1) is 11.5 Å². The predicted octanol–water partition coefficient (Wildman–Crippen LogP) is 1.76. The number of benzene rings is 1. The van der Waals surface area contributed by atoms with Crippen LogP contribution in [0.3, 0.4) is 0 Å². The van der Waals surface area contributed by atoms with E-state index in [9.17, 15) is 9.90 Å². The standard InChI is InChI=1S/C20H24N2O2/c1-3-10-11-8-14-17-20(12-6-4-5-7-13(12)21(17)2)9-15(16(11)18(20)23)22(14)19(10)24/h4-7,10-11,14-17,19,24H,3,8-9H2,1-2H3/t10-,11-,14-,15-,16+,17?,19-,20+/m0/s1. The van der Waals surface area contributed by atoms with E-state index in [1.165, 1.54) is 11.3 Å². The van der Waals surface area contributed by atoms with Gasteiger partial charge < -0.3 is 10.0 Å². The van der Waals surface area contributed by atoms with Crippen molar-refractivity contribution < 1.29 is 9.90 Å². The second-order valence-electron chi connectivity index (χ2n) is 8.61. The highest BCUT2D eigenvalue weighted by atomic mass is 16.3. The highest BCUT2D eigenvalue weighted by Crippen LogP contribution is 2.67. The van der Waals surface area contributed by atoms with E-state index < -0.39 is 0 Å². The first-order valence-electron chi connectivity index (χ1n) is 9.43. The summed E-state index contributed by atoms with van der Waals surface area (Å²) in [6, 6.07) is 9.27. The Balaban J connectivity index is 1.61. The summed E-state index contributed by atoms with van der Waals surface area (Å²) in [5.41, 5.74) is 2.16. The van der Waals surface area contributed by atoms with Crippen LogP contribution in [0.4, 0.5) is 5.69 Å². The Hall–Kier alpha value is -1.39. The highest BCUT2D eigenvalue weighted by Gasteiger charge is 2.76. The molecule has 4 nitrogen and oxygen atoms in total. The summed E-state index contributed by atoms with van der Waals surface area (Å²) < 4.78 is 0. The Morgan fingerprint density at radius 3 is 2.88 bits per heavy atom. The van der Waals surface area contributed by atoms with Crippen LogP contribution in [-0.2, 0) is 10.2 Å². The first-order chi connectivity index (χ1) is 11.6. The van der Waals surface area contributed by atoms with E-state index in [1.54, 1.807) is 0 Å². The molecule has 0 aromatic heterocycles. The number of anilines is 1. The number of nitrogens with zero attached hydrogens (tertiary/aromatic N) is 2. The van der Waals surface area contributed by atoms with E-state index in [1.807, 2.05) is 0 Å². The molecule has 1 N–H and O–H groups in total. The van der Waals surface area contributed by atoms with Crippen LogP contribution in [0.5, 0.6) is 0 Å². The largest absolute Gasteiger partial charge is 0.378 e. The SMILES string of the molecule is CC[C@H]1[C@@H]2C[C@H]3C4N(C)c5ccccc5[C@]45C[C@@H]([C@@H]2C5=O)N3[C@H]1O. The van der Waals surface area contributed by atoms with Crippen molar-refractivity contribution in [3.05, 3.63) is 29.8 Å². The zero-order valence-corrected chi connectivity index (χ0v) is 14.2. The molecule has 2 unspecified atom stereocenters. The molecule has 5 bridgehead atoms. The number of hydrogen-bond acceptors (Lipinski definition) is 4. The Labute approximate surface area is 142 Å². The third-order valence-corrected chi connectivity index (χ3v) is 8.19. The van der Waals surface area contributed by atoms with E-state index in [2.05, 4.69) is 48.0 Å². The number of para-hydroxylation sites is 1. The molecule has 0 radical (unpaired) electrons. The van der Waals surface area contributed by atoms with Crippen molar-refractivity contribution in [3.8, 4) is 0 Å². The van der Waals surface area contributed by atoms with Gasteiger partial charge in [-0.1, -0.05) is 25.1 Å². The summed E-state index contributed by atoms with van der Waals surface area (Å²) in [5, 5.41) is 11.0. The van der Waals surface area contributed by atoms with Gasteiger partial charge in [0.1, 0.15) is 6.23 Å². The molecule has 1 aliphatic carbocycles. The molecule has 4 saturated heterocycles. The molecule has 1 saturated carbocycles. The van der Waals surface area contributed by atoms with Gasteiger partial charge in [-0.2, -0.15) is 0 Å². The molecule has 5 aliphatic heterocycles. The van der Waals surface area contributed by atoms with E-state index in [0.717, 1.165) is 19.3 Å². The molecule has 6 aliphatic rings. The van der Waals surface area contributed by atoms with Crippen molar-refractivity contribution in [2.45, 2.75) is 56.0 Å². The van der Waals surface area contributed by atoms with Crippen molar-refractivity contribution in [2.24, 2.45) is 17.8 Å². The zero-order valence-electron chi connectivity index (χ0n) is 14.2. The van der Waals surface area contributed by atoms with Gasteiger partial charge in [0.2, 0.25) is 0 Å². The van der Waals surface area contributed by atoms with Gasteiger partial charge in [0.25, 0.3) is 0 Å². The Morgan fingerprint density at radius 1 is 1.29 bits per heavy atom. The van der Waals surface area contributed by atoms with Crippen LogP contribution in [0.15, 0.2) is 24.3 Å². The summed E-state index contributed by atoms with van der Waals surface area (Å²) >= 11 is 0. The third kappa shape index (κ3) is 1.16. The summed E-state index contributed by atoms with van der Waals surface area (Å²) in [7, 11) is 2.15. The number of carbonyl (C=O) groups is 1. The Morgan fingerprint density at radius 2 is 2.08 bits per heavy atom. The zero-order chi connectivity index (χ0) is 16.4. The van der Waals surface area contributed by atoms with Crippen molar-refractivity contribution in [2.75, 3.05) is 11.9 Å². The molecule has 1 aromatic rings. The average molecular weight is 324 g/mol. The maximum atomic E-state index is 13.8. The van der Waals surface area contributed by atoms with Crippen molar-refractivity contribution in [1.29, 1.82) is 0 Å². The first-order valence-corrected chi connectivity index (χ1v) is 9.43. The number of hydrogen-bond donors (Lipinski definition) is 1. The lowest BCUT2D eigenvalue weighted by Crippen LogP contribution is -2.72. The van der Waals surface area contributed by atoms with Gasteiger partial charge in [0.15, 0.2) is 5.78 Å². The maximum Gasteiger partial charge on any atom is 0.150 e. The number of aliphatic hydroxyl groups excluding tert-OH is 1. The third-order valence-electron chi connectivity index (χ3n) is 8.19. The van der Waals surface area contributed by atoms with Crippen molar-refractivity contribution >= 4 is 11.5 Å². The monoisotopic (exact) mass is 324 g/mol. The summed E-state index contributed by atoms with van der Waals surface area (Å²) in [6.07, 6.45) is 2.59. The van der Waals surface area contributed by atoms with Crippen molar-refractivity contribution in [1.82, 2.24) is 4.90 Å². The van der Waals surface area contributed by atoms with Gasteiger partial charge in [0, 0.05) is 36.7 Å². The van der Waals surface area contributed by atoms with Crippen molar-refractivity contribution in [3.63, 3.8) is 0 Å². The molecule has 9 atom stereocenters. The van der Waals surface area contributed by atoms with E-state index in [4.69, 9.17) is 0 Å². The quantitative estimate of drug-likeness (QED) is 0.855. The molecular formula is C20H24N2O2. The number of aliphatic hydroxyl groups is 1. The average Bonchev–Trinajstić information content (AvgIpc) is 2.97. The van der Waals surface area contributed by atoms with Gasteiger partial charge in [-0.15, -0.1) is 0 Å². The second-order valence-corrected chi connectivity index (χ2v) is 8.61. The van der Waals surface area contributed by atoms with Crippen LogP contribution < -0.4 is 4.90 Å². The first kappa shape index (κ1) is 13.9. The minimum absolute atomic E-state index is 0.138. The highest BCUT2D eigenvalue weighted by molar-refractivity contribution is 6.01. The fraction of sp³-hybridized carbons (Fsp3) is 0.650. The van der Waals surface area contributed by atoms with Crippen LogP contribution in [0.1, 0.15) is 31.7 Å². The van der Waals surface area contributed by atoms with Crippen LogP contribution in [0.2, 0.25) is 0 Å². The lowest BCUT2D eigenvalue weighted by molar-refractivity contribution is -0.207. The number of Topliss-reactive ketones (excluding diaryl/α,β-unsaturated/α-hetero) is 1. The topological polar surface area (TPSA) is 43.8 Å². The number of ketones is 1. The van der Waals surface area contributed by atoms with Crippen LogP contribution in [0, 0.1) is 17.8 Å². The predicted molar refractivity (Wildman–Crippen MR) is 90.7 cm³/mol. The molecule has 24 heavy (non-hydrogen) atoms. The summed E-state index contributed by atoms with van der Waals surface area (Å²) in [4.78, 5) is 18.5. The minimum atomic E-state index is -0.360. The maximum absolute atomic E-state index is 13.8. The molecule has 5 fully saturated rings. The number of piperidine rings is 4. The van der Waals surface area contributed by atoms with Gasteiger partial charge in [-0.05, 0) is 36.8 Å². The van der Waals surface area contributed by atoms with Crippen LogP contribution in [0.25, 0.3) is 0 Å². The van der Waals surface area contributed by atoms with E-state index in [0.29, 0.717) is 17.7 Å². The van der Waals surface area contributed by atoms with Gasteiger partial charge >= 0.3 is 0 Å². The summed E-state index contributed by atoms with van der Waals surface area (Å²) in [6.45, 7) is 2.16. The Kier molecular flexibility index (Phi) is 2.34. The molecule has 1 aromatic carbocycles. The molecule has 1 spiro atoms. The van der Waals surface area contributed by atoms with Crippen LogP contribution in [-0.4, -0.2) is 47.2 Å². The van der Waals surface area contributed by atoms with Crippen LogP contribution >= 0.6 is 0 Å². The molecular weight excluding hydrogens is 300 g/mol. The molecule has 126 valence electrons. The normalized spacial score (nSPS) is 52.8.